The molecule has 0 saturated carbocycles. The average Bonchev–Trinajstić information content (AvgIpc) is 3.09. The highest BCUT2D eigenvalue weighted by Crippen LogP contribution is 2.31. The molecule has 0 radical (unpaired) electrons. The van der Waals surface area contributed by atoms with Crippen molar-refractivity contribution >= 4 is 10.1 Å². The molecule has 0 aliphatic heterocycles. The number of nitrogens with one attached hydrogen (secondary N) is 1. The zero-order valence-corrected chi connectivity index (χ0v) is 14.9. The molecule has 3 rings (SSSR count). The van der Waals surface area contributed by atoms with Crippen LogP contribution in [0.25, 0.3) is 0 Å². The Balaban J connectivity index is 1.98. The molecule has 0 spiro atoms. The van der Waals surface area contributed by atoms with Gasteiger partial charge >= 0.3 is 0 Å². The maximum atomic E-state index is 11.2. The van der Waals surface area contributed by atoms with Crippen LogP contribution in [0.5, 0.6) is 0 Å². The summed E-state index contributed by atoms with van der Waals surface area (Å²) in [6.45, 7) is 4.19. The van der Waals surface area contributed by atoms with Gasteiger partial charge in [0.25, 0.3) is 10.1 Å². The molecule has 1 unspecified atom stereocenters. The highest BCUT2D eigenvalue weighted by Gasteiger charge is 2.19. The zero-order chi connectivity index (χ0) is 18.0. The summed E-state index contributed by atoms with van der Waals surface area (Å²) in [6, 6.07) is 12.6. The van der Waals surface area contributed by atoms with E-state index >= 15 is 0 Å². The maximum Gasteiger partial charge on any atom is 0.294 e. The summed E-state index contributed by atoms with van der Waals surface area (Å²) in [5, 5.41) is 0. The summed E-state index contributed by atoms with van der Waals surface area (Å²) < 4.78 is 31.5. The molecule has 2 aromatic carbocycles. The lowest BCUT2D eigenvalue weighted by molar-refractivity contribution is 0.483. The largest absolute Gasteiger partial charge is 0.348 e. The van der Waals surface area contributed by atoms with E-state index in [1.807, 2.05) is 12.3 Å². The monoisotopic (exact) mass is 356 g/mol. The predicted octanol–water partition coefficient (Wildman–Crippen LogP) is 3.65. The third kappa shape index (κ3) is 3.81. The van der Waals surface area contributed by atoms with Crippen LogP contribution in [-0.4, -0.2) is 22.9 Å². The van der Waals surface area contributed by atoms with E-state index in [9.17, 15) is 8.42 Å². The van der Waals surface area contributed by atoms with Gasteiger partial charge in [0.2, 0.25) is 0 Å². The Hall–Kier alpha value is -2.44. The van der Waals surface area contributed by atoms with Gasteiger partial charge in [-0.15, -0.1) is 0 Å². The molecular formula is C19H20N2O3S. The summed E-state index contributed by atoms with van der Waals surface area (Å²) >= 11 is 0. The van der Waals surface area contributed by atoms with E-state index in [4.69, 9.17) is 4.55 Å². The number of rotatable bonds is 5. The summed E-state index contributed by atoms with van der Waals surface area (Å²) in [6.07, 6.45) is 4.17. The number of hydrogen-bond donors (Lipinski definition) is 2. The number of hydrogen-bond acceptors (Lipinski definition) is 3. The molecule has 0 bridgehead atoms. The van der Waals surface area contributed by atoms with Gasteiger partial charge in [0.15, 0.2) is 0 Å². The minimum absolute atomic E-state index is 0.0824. The third-order valence-corrected chi connectivity index (χ3v) is 5.45. The van der Waals surface area contributed by atoms with Gasteiger partial charge in [0.05, 0.1) is 11.2 Å². The molecule has 0 aliphatic rings. The maximum absolute atomic E-state index is 11.2. The number of imidazole rings is 1. The summed E-state index contributed by atoms with van der Waals surface area (Å²) in [7, 11) is -4.17. The second-order valence-electron chi connectivity index (χ2n) is 6.17. The van der Waals surface area contributed by atoms with Gasteiger partial charge < -0.3 is 4.98 Å². The molecule has 5 nitrogen and oxygen atoms in total. The summed E-state index contributed by atoms with van der Waals surface area (Å²) in [5.41, 5.74) is 5.66. The smallest absolute Gasteiger partial charge is 0.294 e. The standard InChI is InChI=1S/C19H20N2O3S/c1-13-4-3-5-17(14(13)2)18(19-11-20-12-21-19)10-15-6-8-16(9-7-15)25(22,23)24/h3-9,11-12,18H,10H2,1-2H3,(H,20,21)(H,22,23,24). The first-order chi connectivity index (χ1) is 11.9. The van der Waals surface area contributed by atoms with E-state index < -0.39 is 10.1 Å². The van der Waals surface area contributed by atoms with E-state index in [2.05, 4.69) is 35.9 Å². The van der Waals surface area contributed by atoms with Crippen molar-refractivity contribution in [3.63, 3.8) is 0 Å². The summed E-state index contributed by atoms with van der Waals surface area (Å²) in [5.74, 6) is 0.0824. The Morgan fingerprint density at radius 2 is 1.84 bits per heavy atom. The summed E-state index contributed by atoms with van der Waals surface area (Å²) in [4.78, 5) is 7.24. The number of benzene rings is 2. The zero-order valence-electron chi connectivity index (χ0n) is 14.1. The quantitative estimate of drug-likeness (QED) is 0.684. The molecule has 1 heterocycles. The minimum Gasteiger partial charge on any atom is -0.348 e. The van der Waals surface area contributed by atoms with Crippen LogP contribution in [-0.2, 0) is 16.5 Å². The lowest BCUT2D eigenvalue weighted by Crippen LogP contribution is -2.08. The van der Waals surface area contributed by atoms with Gasteiger partial charge in [-0.2, -0.15) is 8.42 Å². The van der Waals surface area contributed by atoms with Crippen molar-refractivity contribution in [2.24, 2.45) is 0 Å². The molecule has 25 heavy (non-hydrogen) atoms. The molecule has 1 aromatic heterocycles. The Bertz CT molecular complexity index is 962. The first-order valence-corrected chi connectivity index (χ1v) is 9.41. The number of aryl methyl sites for hydroxylation is 1. The topological polar surface area (TPSA) is 83.1 Å². The van der Waals surface area contributed by atoms with Gasteiger partial charge in [0.1, 0.15) is 0 Å². The third-order valence-electron chi connectivity index (χ3n) is 4.58. The van der Waals surface area contributed by atoms with E-state index in [0.29, 0.717) is 6.42 Å². The van der Waals surface area contributed by atoms with Crippen LogP contribution in [0.3, 0.4) is 0 Å². The molecule has 130 valence electrons. The molecule has 2 N–H and O–H groups in total. The Kier molecular flexibility index (Phi) is 4.74. The van der Waals surface area contributed by atoms with E-state index in [-0.39, 0.29) is 10.8 Å². The number of H-pyrrole nitrogens is 1. The van der Waals surface area contributed by atoms with Crippen molar-refractivity contribution in [2.45, 2.75) is 31.1 Å². The lowest BCUT2D eigenvalue weighted by Gasteiger charge is -2.20. The molecule has 0 amide bonds. The number of nitrogens with zero attached hydrogens (tertiary/aromatic N) is 1. The normalized spacial score (nSPS) is 12.9. The van der Waals surface area contributed by atoms with Gasteiger partial charge in [-0.3, -0.25) is 4.55 Å². The molecular weight excluding hydrogens is 336 g/mol. The van der Waals surface area contributed by atoms with Crippen LogP contribution in [0.2, 0.25) is 0 Å². The van der Waals surface area contributed by atoms with E-state index in [1.165, 1.54) is 28.8 Å². The van der Waals surface area contributed by atoms with Crippen molar-refractivity contribution in [1.82, 2.24) is 9.97 Å². The van der Waals surface area contributed by atoms with Crippen LogP contribution in [0.4, 0.5) is 0 Å². The van der Waals surface area contributed by atoms with Crippen molar-refractivity contribution < 1.29 is 13.0 Å². The van der Waals surface area contributed by atoms with Crippen LogP contribution in [0.1, 0.15) is 33.9 Å². The number of aromatic nitrogens is 2. The van der Waals surface area contributed by atoms with Gasteiger partial charge in [-0.1, -0.05) is 30.3 Å². The number of aromatic amines is 1. The van der Waals surface area contributed by atoms with Crippen molar-refractivity contribution in [3.05, 3.63) is 82.9 Å². The Morgan fingerprint density at radius 1 is 1.12 bits per heavy atom. The SMILES string of the molecule is Cc1cccc(C(Cc2ccc(S(=O)(=O)O)cc2)c2cnc[nH]2)c1C. The average molecular weight is 356 g/mol. The second-order valence-corrected chi connectivity index (χ2v) is 7.59. The lowest BCUT2D eigenvalue weighted by atomic mass is 9.86. The molecule has 0 fully saturated rings. The van der Waals surface area contributed by atoms with Crippen LogP contribution in [0, 0.1) is 13.8 Å². The first-order valence-electron chi connectivity index (χ1n) is 7.97. The highest BCUT2D eigenvalue weighted by molar-refractivity contribution is 7.85. The Labute approximate surface area is 147 Å². The van der Waals surface area contributed by atoms with Gasteiger partial charge in [-0.05, 0) is 54.7 Å². The second kappa shape index (κ2) is 6.82. The minimum atomic E-state index is -4.17. The molecule has 6 heteroatoms. The molecule has 3 aromatic rings. The molecule has 0 aliphatic carbocycles. The van der Waals surface area contributed by atoms with Crippen molar-refractivity contribution in [1.29, 1.82) is 0 Å². The fourth-order valence-corrected chi connectivity index (χ4v) is 3.51. The van der Waals surface area contributed by atoms with Crippen LogP contribution >= 0.6 is 0 Å². The van der Waals surface area contributed by atoms with Crippen molar-refractivity contribution in [3.8, 4) is 0 Å². The fourth-order valence-electron chi connectivity index (χ4n) is 3.03. The van der Waals surface area contributed by atoms with E-state index in [1.54, 1.807) is 18.5 Å². The molecule has 0 saturated heterocycles. The first kappa shape index (κ1) is 17.4. The van der Waals surface area contributed by atoms with Crippen molar-refractivity contribution in [2.75, 3.05) is 0 Å². The predicted molar refractivity (Wildman–Crippen MR) is 96.3 cm³/mol. The molecule has 1 atom stereocenters. The van der Waals surface area contributed by atoms with Gasteiger partial charge in [0, 0.05) is 17.8 Å². The van der Waals surface area contributed by atoms with E-state index in [0.717, 1.165) is 11.3 Å². The van der Waals surface area contributed by atoms with Crippen LogP contribution in [0.15, 0.2) is 59.9 Å². The van der Waals surface area contributed by atoms with Crippen LogP contribution < -0.4 is 0 Å². The fraction of sp³-hybridized carbons (Fsp3) is 0.211. The van der Waals surface area contributed by atoms with Gasteiger partial charge in [-0.25, -0.2) is 4.98 Å². The highest BCUT2D eigenvalue weighted by atomic mass is 32.2. The Morgan fingerprint density at radius 3 is 2.44 bits per heavy atom.